The van der Waals surface area contributed by atoms with E-state index in [1.165, 1.54) is 27.8 Å². The first-order valence-corrected chi connectivity index (χ1v) is 26.3. The van der Waals surface area contributed by atoms with Crippen LogP contribution < -0.4 is 0 Å². The van der Waals surface area contributed by atoms with Gasteiger partial charge in [0.05, 0.1) is 6.57 Å². The van der Waals surface area contributed by atoms with Crippen LogP contribution in [-0.2, 0) is 0 Å². The van der Waals surface area contributed by atoms with Gasteiger partial charge in [0.15, 0.2) is 5.69 Å². The van der Waals surface area contributed by atoms with Crippen LogP contribution in [0.4, 0.5) is 14.5 Å². The predicted molar refractivity (Wildman–Crippen MR) is 305 cm³/mol. The van der Waals surface area contributed by atoms with Crippen LogP contribution in [0.15, 0.2) is 97.1 Å². The minimum absolute atomic E-state index is 0.0683. The molecule has 0 aliphatic carbocycles. The van der Waals surface area contributed by atoms with E-state index in [9.17, 15) is 8.78 Å². The van der Waals surface area contributed by atoms with Crippen LogP contribution >= 0.6 is 11.6 Å². The average Bonchev–Trinajstić information content (AvgIpc) is 3.26. The first-order chi connectivity index (χ1) is 32.0. The van der Waals surface area contributed by atoms with Crippen molar-refractivity contribution in [1.82, 2.24) is 0 Å². The molecule has 0 radical (unpaired) electrons. The Morgan fingerprint density at radius 1 is 0.319 bits per heavy atom. The van der Waals surface area contributed by atoms with Gasteiger partial charge in [0.1, 0.15) is 11.6 Å². The van der Waals surface area contributed by atoms with Gasteiger partial charge in [0.25, 0.3) is 0 Å². The van der Waals surface area contributed by atoms with Gasteiger partial charge < -0.3 is 0 Å². The van der Waals surface area contributed by atoms with Crippen molar-refractivity contribution < 1.29 is 8.78 Å². The molecule has 4 heteroatoms. The van der Waals surface area contributed by atoms with Crippen molar-refractivity contribution in [1.29, 1.82) is 0 Å². The molecule has 0 atom stereocenters. The first kappa shape index (κ1) is 64.7. The maximum atomic E-state index is 13.5. The smallest absolute Gasteiger partial charge is 0.190 e. The highest BCUT2D eigenvalue weighted by Gasteiger charge is 2.12. The zero-order valence-corrected chi connectivity index (χ0v) is 48.4. The van der Waals surface area contributed by atoms with Crippen molar-refractivity contribution in [3.63, 3.8) is 0 Å². The Labute approximate surface area is 429 Å². The zero-order valence-electron chi connectivity index (χ0n) is 47.7. The van der Waals surface area contributed by atoms with E-state index in [-0.39, 0.29) is 23.5 Å². The zero-order chi connectivity index (χ0) is 53.5. The molecular formula is C65H96ClF2N. The third-order valence-corrected chi connectivity index (χ3v) is 12.0. The van der Waals surface area contributed by atoms with Gasteiger partial charge in [-0.2, -0.15) is 0 Å². The van der Waals surface area contributed by atoms with Crippen molar-refractivity contribution in [2.24, 2.45) is 5.92 Å². The highest BCUT2D eigenvalue weighted by molar-refractivity contribution is 6.31. The standard InChI is InChI=1S/C13H17N.C12H17Cl.2C12H17F.C12H18.C4H10/c1-9(2)11-6-7-12(10(3)4)13(8-11)14-5;3*1-8(2)10-5-6-11(9(3)4)12(13)7-10;1-9(2)11-5-7-12(8-6-11)10(3)4;1-4(2)3/h6-10H,1-4H3;3*5-9H,1-4H3;5-10H,1-4H3;4H,1-3H3. The van der Waals surface area contributed by atoms with E-state index in [0.717, 1.165) is 44.4 Å². The van der Waals surface area contributed by atoms with Crippen molar-refractivity contribution in [3.05, 3.63) is 181 Å². The maximum absolute atomic E-state index is 13.5. The molecule has 0 aromatic heterocycles. The summed E-state index contributed by atoms with van der Waals surface area (Å²) in [5.41, 5.74) is 12.4. The number of hydrogen-bond donors (Lipinski definition) is 0. The number of nitrogens with zero attached hydrogens (tertiary/aromatic N) is 1. The van der Waals surface area contributed by atoms with Gasteiger partial charge >= 0.3 is 0 Å². The maximum Gasteiger partial charge on any atom is 0.190 e. The third kappa shape index (κ3) is 24.4. The van der Waals surface area contributed by atoms with E-state index in [1.807, 2.05) is 58.0 Å². The predicted octanol–water partition coefficient (Wildman–Crippen LogP) is 22.8. The largest absolute Gasteiger partial charge is 0.238 e. The molecule has 69 heavy (non-hydrogen) atoms. The van der Waals surface area contributed by atoms with Crippen LogP contribution in [-0.4, -0.2) is 0 Å². The lowest BCUT2D eigenvalue weighted by Gasteiger charge is -2.11. The van der Waals surface area contributed by atoms with E-state index in [1.54, 1.807) is 12.1 Å². The number of halogens is 3. The summed E-state index contributed by atoms with van der Waals surface area (Å²) < 4.78 is 26.9. The Kier molecular flexibility index (Phi) is 30.6. The van der Waals surface area contributed by atoms with Gasteiger partial charge in [-0.15, -0.1) is 0 Å². The van der Waals surface area contributed by atoms with Crippen LogP contribution in [0.5, 0.6) is 0 Å². The molecular weight excluding hydrogens is 868 g/mol. The lowest BCUT2D eigenvalue weighted by atomic mass is 9.95. The van der Waals surface area contributed by atoms with Gasteiger partial charge in [0, 0.05) is 5.02 Å². The van der Waals surface area contributed by atoms with Gasteiger partial charge in [-0.3, -0.25) is 0 Å². The second kappa shape index (κ2) is 32.6. The molecule has 5 aromatic carbocycles. The quantitative estimate of drug-likeness (QED) is 0.123. The van der Waals surface area contributed by atoms with E-state index in [2.05, 4.69) is 191 Å². The van der Waals surface area contributed by atoms with E-state index in [4.69, 9.17) is 18.2 Å². The average molecular weight is 965 g/mol. The molecule has 5 rings (SSSR count). The summed E-state index contributed by atoms with van der Waals surface area (Å²) in [5, 5.41) is 0.904. The van der Waals surface area contributed by atoms with Crippen molar-refractivity contribution in [2.75, 3.05) is 0 Å². The highest BCUT2D eigenvalue weighted by atomic mass is 35.5. The van der Waals surface area contributed by atoms with Crippen molar-refractivity contribution >= 4 is 17.3 Å². The highest BCUT2D eigenvalue weighted by Crippen LogP contribution is 2.31. The van der Waals surface area contributed by atoms with Crippen LogP contribution in [0.2, 0.25) is 5.02 Å². The lowest BCUT2D eigenvalue weighted by molar-refractivity contribution is 0.594. The Morgan fingerprint density at radius 3 is 0.783 bits per heavy atom. The second-order valence-corrected chi connectivity index (χ2v) is 22.6. The third-order valence-electron chi connectivity index (χ3n) is 11.7. The molecule has 5 aromatic rings. The SMILES string of the molecule is CC(C)C.CC(C)c1ccc(C(C)C)c(Cl)c1.CC(C)c1ccc(C(C)C)c(F)c1.CC(C)c1ccc(C(C)C)c(F)c1.CC(C)c1ccc(C(C)C)cc1.[C-]#[N+]c1cc(C(C)C)ccc1C(C)C. The fourth-order valence-corrected chi connectivity index (χ4v) is 7.29. The Hall–Kier alpha value is -4.26. The molecule has 0 heterocycles. The minimum atomic E-state index is -0.0683. The fraction of sp³-hybridized carbons (Fsp3) is 0.523. The number of rotatable bonds is 10. The molecule has 0 N–H and O–H groups in total. The van der Waals surface area contributed by atoms with E-state index >= 15 is 0 Å². The van der Waals surface area contributed by atoms with Crippen LogP contribution in [0.1, 0.15) is 274 Å². The monoisotopic (exact) mass is 964 g/mol. The molecule has 0 unspecified atom stereocenters. The number of hydrogen-bond acceptors (Lipinski definition) is 0. The second-order valence-electron chi connectivity index (χ2n) is 22.2. The summed E-state index contributed by atoms with van der Waals surface area (Å²) in [6, 6.07) is 32.7. The van der Waals surface area contributed by atoms with Gasteiger partial charge in [0.2, 0.25) is 0 Å². The molecule has 0 aliphatic heterocycles. The molecule has 0 spiro atoms. The minimum Gasteiger partial charge on any atom is -0.238 e. The number of benzene rings is 5. The Morgan fingerprint density at radius 2 is 0.551 bits per heavy atom. The first-order valence-electron chi connectivity index (χ1n) is 26.0. The Balaban J connectivity index is 0.000000821. The van der Waals surface area contributed by atoms with Gasteiger partial charge in [-0.1, -0.05) is 255 Å². The van der Waals surface area contributed by atoms with E-state index in [0.29, 0.717) is 47.3 Å². The summed E-state index contributed by atoms with van der Waals surface area (Å²) in [4.78, 5) is 3.58. The summed E-state index contributed by atoms with van der Waals surface area (Å²) in [6.45, 7) is 56.1. The molecule has 0 bridgehead atoms. The molecule has 0 aliphatic rings. The van der Waals surface area contributed by atoms with E-state index < -0.39 is 0 Å². The van der Waals surface area contributed by atoms with Crippen LogP contribution in [0.25, 0.3) is 4.85 Å². The lowest BCUT2D eigenvalue weighted by Crippen LogP contribution is -1.96. The molecule has 0 fully saturated rings. The van der Waals surface area contributed by atoms with Gasteiger partial charge in [-0.05, 0) is 133 Å². The van der Waals surface area contributed by atoms with Crippen LogP contribution in [0, 0.1) is 24.1 Å². The summed E-state index contributed by atoms with van der Waals surface area (Å²) in [5.74, 6) is 5.30. The Bertz CT molecular complexity index is 2050. The van der Waals surface area contributed by atoms with Gasteiger partial charge in [-0.25, -0.2) is 13.6 Å². The van der Waals surface area contributed by atoms with Crippen molar-refractivity contribution in [2.45, 2.75) is 218 Å². The molecule has 0 saturated carbocycles. The molecule has 0 amide bonds. The summed E-state index contributed by atoms with van der Waals surface area (Å²) in [6.07, 6.45) is 0. The van der Waals surface area contributed by atoms with Crippen molar-refractivity contribution in [3.8, 4) is 0 Å². The molecule has 382 valence electrons. The topological polar surface area (TPSA) is 4.36 Å². The normalized spacial score (nSPS) is 11.0. The summed E-state index contributed by atoms with van der Waals surface area (Å²) in [7, 11) is 0. The van der Waals surface area contributed by atoms with Crippen LogP contribution in [0.3, 0.4) is 0 Å². The molecule has 1 nitrogen and oxygen atoms in total. The molecule has 0 saturated heterocycles. The fourth-order valence-electron chi connectivity index (χ4n) is 6.88. The summed E-state index contributed by atoms with van der Waals surface area (Å²) >= 11 is 6.17.